The van der Waals surface area contributed by atoms with Gasteiger partial charge in [0.15, 0.2) is 0 Å². The first-order valence-electron chi connectivity index (χ1n) is 8.76. The molecule has 0 atom stereocenters. The van der Waals surface area contributed by atoms with E-state index in [9.17, 15) is 9.59 Å². The Kier molecular flexibility index (Phi) is 6.08. The van der Waals surface area contributed by atoms with Crippen molar-refractivity contribution in [3.63, 3.8) is 0 Å². The maximum atomic E-state index is 12.6. The molecule has 2 amide bonds. The Balaban J connectivity index is 1.65. The highest BCUT2D eigenvalue weighted by Gasteiger charge is 2.18. The predicted molar refractivity (Wildman–Crippen MR) is 105 cm³/mol. The summed E-state index contributed by atoms with van der Waals surface area (Å²) in [6.07, 6.45) is 6.38. The number of halogens is 1. The van der Waals surface area contributed by atoms with Gasteiger partial charge in [0.2, 0.25) is 5.91 Å². The number of carbonyl (C=O) groups excluding carboxylic acids is 2. The van der Waals surface area contributed by atoms with Crippen LogP contribution in [0, 0.1) is 0 Å². The summed E-state index contributed by atoms with van der Waals surface area (Å²) >= 11 is 6.07. The standard InChI is InChI=1S/C21H21ClN2O2/c22-19-10-3-2-7-16(19)11-12-20(25)23-18-9-6-8-17(15-18)21(26)24-13-4-1-5-14-24/h2-3,6-12,15H,1,4-5,13-14H2,(H,23,25)/b12-11+. The summed E-state index contributed by atoms with van der Waals surface area (Å²) in [4.78, 5) is 26.6. The molecular weight excluding hydrogens is 348 g/mol. The molecule has 1 fully saturated rings. The molecule has 2 aromatic rings. The van der Waals surface area contributed by atoms with Gasteiger partial charge in [0.05, 0.1) is 0 Å². The lowest BCUT2D eigenvalue weighted by atomic mass is 10.1. The maximum absolute atomic E-state index is 12.6. The summed E-state index contributed by atoms with van der Waals surface area (Å²) in [5.74, 6) is -0.250. The SMILES string of the molecule is O=C(/C=C/c1ccccc1Cl)Nc1cccc(C(=O)N2CCCCC2)c1. The van der Waals surface area contributed by atoms with Crippen LogP contribution >= 0.6 is 11.6 Å². The van der Waals surface area contributed by atoms with Crippen molar-refractivity contribution >= 4 is 35.2 Å². The fraction of sp³-hybridized carbons (Fsp3) is 0.238. The summed E-state index contributed by atoms with van der Waals surface area (Å²) in [6.45, 7) is 1.60. The van der Waals surface area contributed by atoms with E-state index < -0.39 is 0 Å². The van der Waals surface area contributed by atoms with Crippen molar-refractivity contribution in [2.75, 3.05) is 18.4 Å². The molecule has 0 aliphatic carbocycles. The van der Waals surface area contributed by atoms with E-state index in [2.05, 4.69) is 5.32 Å². The zero-order valence-electron chi connectivity index (χ0n) is 14.5. The van der Waals surface area contributed by atoms with E-state index in [1.807, 2.05) is 23.1 Å². The summed E-state index contributed by atoms with van der Waals surface area (Å²) < 4.78 is 0. The van der Waals surface area contributed by atoms with Gasteiger partial charge in [0.25, 0.3) is 5.91 Å². The Labute approximate surface area is 158 Å². The summed E-state index contributed by atoms with van der Waals surface area (Å²) in [5.41, 5.74) is 1.97. The molecule has 1 aliphatic rings. The van der Waals surface area contributed by atoms with Crippen LogP contribution in [-0.4, -0.2) is 29.8 Å². The third kappa shape index (κ3) is 4.73. The van der Waals surface area contributed by atoms with Gasteiger partial charge in [-0.15, -0.1) is 0 Å². The molecule has 0 saturated carbocycles. The van der Waals surface area contributed by atoms with Gasteiger partial charge in [0, 0.05) is 35.4 Å². The van der Waals surface area contributed by atoms with E-state index in [0.29, 0.717) is 16.3 Å². The van der Waals surface area contributed by atoms with E-state index in [1.165, 1.54) is 12.5 Å². The van der Waals surface area contributed by atoms with Gasteiger partial charge in [-0.25, -0.2) is 0 Å². The third-order valence-electron chi connectivity index (χ3n) is 4.34. The third-order valence-corrected chi connectivity index (χ3v) is 4.68. The number of amides is 2. The van der Waals surface area contributed by atoms with Gasteiger partial charge in [-0.1, -0.05) is 35.9 Å². The Bertz CT molecular complexity index is 826. The highest BCUT2D eigenvalue weighted by molar-refractivity contribution is 6.32. The number of rotatable bonds is 4. The number of hydrogen-bond donors (Lipinski definition) is 1. The molecule has 1 aliphatic heterocycles. The van der Waals surface area contributed by atoms with Gasteiger partial charge >= 0.3 is 0 Å². The van der Waals surface area contributed by atoms with Crippen molar-refractivity contribution in [2.24, 2.45) is 0 Å². The Morgan fingerprint density at radius 1 is 1.00 bits per heavy atom. The molecule has 3 rings (SSSR count). The summed E-state index contributed by atoms with van der Waals surface area (Å²) in [6, 6.07) is 14.4. The van der Waals surface area contributed by atoms with Crippen LogP contribution < -0.4 is 5.32 Å². The second kappa shape index (κ2) is 8.68. The molecule has 0 spiro atoms. The quantitative estimate of drug-likeness (QED) is 0.800. The second-order valence-corrected chi connectivity index (χ2v) is 6.68. The molecule has 2 aromatic carbocycles. The minimum atomic E-state index is -0.271. The van der Waals surface area contributed by atoms with Crippen LogP contribution in [0.1, 0.15) is 35.2 Å². The second-order valence-electron chi connectivity index (χ2n) is 6.28. The molecule has 1 saturated heterocycles. The fourth-order valence-corrected chi connectivity index (χ4v) is 3.17. The maximum Gasteiger partial charge on any atom is 0.253 e. The summed E-state index contributed by atoms with van der Waals surface area (Å²) in [5, 5.41) is 3.38. The number of likely N-dealkylation sites (tertiary alicyclic amines) is 1. The molecule has 4 nitrogen and oxygen atoms in total. The summed E-state index contributed by atoms with van der Waals surface area (Å²) in [7, 11) is 0. The lowest BCUT2D eigenvalue weighted by molar-refractivity contribution is -0.111. The molecule has 0 aromatic heterocycles. The molecule has 0 radical (unpaired) electrons. The zero-order chi connectivity index (χ0) is 18.4. The molecule has 0 bridgehead atoms. The molecular formula is C21H21ClN2O2. The highest BCUT2D eigenvalue weighted by Crippen LogP contribution is 2.18. The number of benzene rings is 2. The van der Waals surface area contributed by atoms with E-state index in [1.54, 1.807) is 36.4 Å². The van der Waals surface area contributed by atoms with Crippen LogP contribution in [0.15, 0.2) is 54.6 Å². The number of nitrogens with zero attached hydrogens (tertiary/aromatic N) is 1. The van der Waals surface area contributed by atoms with E-state index in [4.69, 9.17) is 11.6 Å². The van der Waals surface area contributed by atoms with Crippen LogP contribution in [-0.2, 0) is 4.79 Å². The van der Waals surface area contributed by atoms with Gasteiger partial charge in [-0.05, 0) is 55.2 Å². The largest absolute Gasteiger partial charge is 0.339 e. The lowest BCUT2D eigenvalue weighted by Gasteiger charge is -2.26. The van der Waals surface area contributed by atoms with E-state index in [0.717, 1.165) is 31.5 Å². The lowest BCUT2D eigenvalue weighted by Crippen LogP contribution is -2.35. The Hall–Kier alpha value is -2.59. The van der Waals surface area contributed by atoms with Gasteiger partial charge in [-0.3, -0.25) is 9.59 Å². The van der Waals surface area contributed by atoms with Gasteiger partial charge in [0.1, 0.15) is 0 Å². The van der Waals surface area contributed by atoms with Crippen molar-refractivity contribution in [3.05, 3.63) is 70.8 Å². The minimum absolute atomic E-state index is 0.0207. The number of hydrogen-bond acceptors (Lipinski definition) is 2. The minimum Gasteiger partial charge on any atom is -0.339 e. The van der Waals surface area contributed by atoms with Crippen molar-refractivity contribution in [2.45, 2.75) is 19.3 Å². The van der Waals surface area contributed by atoms with Crippen LogP contribution in [0.25, 0.3) is 6.08 Å². The normalized spacial score (nSPS) is 14.4. The highest BCUT2D eigenvalue weighted by atomic mass is 35.5. The van der Waals surface area contributed by atoms with Crippen LogP contribution in [0.3, 0.4) is 0 Å². The smallest absolute Gasteiger partial charge is 0.253 e. The van der Waals surface area contributed by atoms with Crippen LogP contribution in [0.2, 0.25) is 5.02 Å². The Morgan fingerprint density at radius 2 is 1.77 bits per heavy atom. The number of piperidine rings is 1. The van der Waals surface area contributed by atoms with E-state index >= 15 is 0 Å². The Morgan fingerprint density at radius 3 is 2.54 bits per heavy atom. The topological polar surface area (TPSA) is 49.4 Å². The van der Waals surface area contributed by atoms with Crippen molar-refractivity contribution in [1.29, 1.82) is 0 Å². The fourth-order valence-electron chi connectivity index (χ4n) is 2.97. The van der Waals surface area contributed by atoms with Crippen molar-refractivity contribution in [3.8, 4) is 0 Å². The van der Waals surface area contributed by atoms with Crippen molar-refractivity contribution < 1.29 is 9.59 Å². The molecule has 5 heteroatoms. The van der Waals surface area contributed by atoms with Gasteiger partial charge < -0.3 is 10.2 Å². The van der Waals surface area contributed by atoms with Gasteiger partial charge in [-0.2, -0.15) is 0 Å². The average Bonchev–Trinajstić information content (AvgIpc) is 2.68. The molecule has 134 valence electrons. The first kappa shape index (κ1) is 18.2. The molecule has 1 N–H and O–H groups in total. The monoisotopic (exact) mass is 368 g/mol. The van der Waals surface area contributed by atoms with Crippen LogP contribution in [0.5, 0.6) is 0 Å². The molecule has 0 unspecified atom stereocenters. The predicted octanol–water partition coefficient (Wildman–Crippen LogP) is 4.62. The average molecular weight is 369 g/mol. The molecule has 26 heavy (non-hydrogen) atoms. The van der Waals surface area contributed by atoms with E-state index in [-0.39, 0.29) is 11.8 Å². The number of nitrogens with one attached hydrogen (secondary N) is 1. The van der Waals surface area contributed by atoms with Crippen molar-refractivity contribution in [1.82, 2.24) is 4.90 Å². The molecule has 1 heterocycles. The number of anilines is 1. The zero-order valence-corrected chi connectivity index (χ0v) is 15.2. The first-order valence-corrected chi connectivity index (χ1v) is 9.14. The van der Waals surface area contributed by atoms with Crippen LogP contribution in [0.4, 0.5) is 5.69 Å². The first-order chi connectivity index (χ1) is 12.6. The number of carbonyl (C=O) groups is 2.